The third kappa shape index (κ3) is 4.91. The molecular weight excluding hydrogens is 490 g/mol. The number of carbonyl (C=O) groups is 2. The number of fused-ring (bicyclic) bond motifs is 1. The number of esters is 1. The van der Waals surface area contributed by atoms with E-state index in [-0.39, 0.29) is 47.6 Å². The van der Waals surface area contributed by atoms with E-state index in [1.807, 2.05) is 31.4 Å². The quantitative estimate of drug-likeness (QED) is 0.339. The number of para-hydroxylation sites is 1. The number of dihydropyridines is 1. The van der Waals surface area contributed by atoms with Crippen LogP contribution in [-0.4, -0.2) is 31.1 Å². The number of hydrogen-bond donors (Lipinski definition) is 1. The molecule has 3 heterocycles. The summed E-state index contributed by atoms with van der Waals surface area (Å²) in [6.07, 6.45) is 2.31. The van der Waals surface area contributed by atoms with Gasteiger partial charge in [-0.3, -0.25) is 9.59 Å². The fraction of sp³-hybridized carbons (Fsp3) is 0.345. The zero-order valence-electron chi connectivity index (χ0n) is 21.0. The number of carbonyl (C=O) groups excluding carboxylic acids is 2. The lowest BCUT2D eigenvalue weighted by molar-refractivity contribution is -0.141. The molecule has 2 unspecified atom stereocenters. The second-order valence-corrected chi connectivity index (χ2v) is 10.6. The monoisotopic (exact) mass is 519 g/mol. The minimum atomic E-state index is -0.882. The Hall–Kier alpha value is -3.49. The first-order chi connectivity index (χ1) is 17.8. The van der Waals surface area contributed by atoms with Crippen LogP contribution < -0.4 is 10.7 Å². The molecule has 2 atom stereocenters. The smallest absolute Gasteiger partial charge is 0.336 e. The molecule has 2 aromatic heterocycles. The Bertz CT molecular complexity index is 1460. The van der Waals surface area contributed by atoms with Crippen LogP contribution in [0.25, 0.3) is 11.0 Å². The summed E-state index contributed by atoms with van der Waals surface area (Å²) in [6, 6.07) is 11.0. The molecule has 1 aromatic carbocycles. The zero-order chi connectivity index (χ0) is 26.1. The van der Waals surface area contributed by atoms with Crippen LogP contribution in [0.15, 0.2) is 79.8 Å². The van der Waals surface area contributed by atoms with E-state index in [9.17, 15) is 14.4 Å². The van der Waals surface area contributed by atoms with Gasteiger partial charge in [-0.2, -0.15) is 0 Å². The van der Waals surface area contributed by atoms with Crippen molar-refractivity contribution in [1.82, 2.24) is 5.32 Å². The molecular formula is C29H29NO6S. The number of thiophene rings is 1. The highest BCUT2D eigenvalue weighted by Crippen LogP contribution is 2.45. The summed E-state index contributed by atoms with van der Waals surface area (Å²) < 4.78 is 16.9. The van der Waals surface area contributed by atoms with Crippen molar-refractivity contribution < 1.29 is 23.5 Å². The van der Waals surface area contributed by atoms with Crippen molar-refractivity contribution >= 4 is 34.1 Å². The van der Waals surface area contributed by atoms with E-state index in [2.05, 4.69) is 5.32 Å². The van der Waals surface area contributed by atoms with Gasteiger partial charge in [-0.1, -0.05) is 18.2 Å². The molecule has 0 radical (unpaired) electrons. The van der Waals surface area contributed by atoms with Crippen LogP contribution >= 0.6 is 11.3 Å². The molecule has 0 saturated carbocycles. The van der Waals surface area contributed by atoms with Gasteiger partial charge in [0.15, 0.2) is 11.2 Å². The normalized spacial score (nSPS) is 19.8. The van der Waals surface area contributed by atoms with Gasteiger partial charge in [0.05, 0.1) is 35.9 Å². The van der Waals surface area contributed by atoms with E-state index in [4.69, 9.17) is 13.9 Å². The first-order valence-electron chi connectivity index (χ1n) is 12.4. The molecule has 192 valence electrons. The van der Waals surface area contributed by atoms with Gasteiger partial charge in [0.25, 0.3) is 0 Å². The van der Waals surface area contributed by atoms with E-state index in [1.54, 1.807) is 42.5 Å². The molecule has 0 bridgehead atoms. The Morgan fingerprint density at radius 1 is 1.14 bits per heavy atom. The number of benzene rings is 1. The summed E-state index contributed by atoms with van der Waals surface area (Å²) in [5, 5.41) is 5.72. The first kappa shape index (κ1) is 25.2. The molecule has 37 heavy (non-hydrogen) atoms. The Balaban J connectivity index is 1.58. The predicted octanol–water partition coefficient (Wildman–Crippen LogP) is 5.18. The molecule has 3 aromatic rings. The maximum atomic E-state index is 13.7. The Labute approximate surface area is 218 Å². The fourth-order valence-electron chi connectivity index (χ4n) is 5.13. The summed E-state index contributed by atoms with van der Waals surface area (Å²) in [7, 11) is 0. The van der Waals surface area contributed by atoms with Gasteiger partial charge in [-0.05, 0) is 50.8 Å². The number of ketones is 1. The molecule has 2 aliphatic rings. The largest absolute Gasteiger partial charge is 0.464 e. The summed E-state index contributed by atoms with van der Waals surface area (Å²) in [4.78, 5) is 41.9. The lowest BCUT2D eigenvalue weighted by Crippen LogP contribution is -2.37. The molecule has 0 saturated heterocycles. The van der Waals surface area contributed by atoms with E-state index in [0.717, 1.165) is 10.6 Å². The van der Waals surface area contributed by atoms with E-state index in [1.165, 1.54) is 6.26 Å². The van der Waals surface area contributed by atoms with Crippen LogP contribution in [0.1, 0.15) is 55.9 Å². The highest BCUT2D eigenvalue weighted by Gasteiger charge is 2.43. The average Bonchev–Trinajstić information content (AvgIpc) is 3.41. The second-order valence-electron chi connectivity index (χ2n) is 9.60. The van der Waals surface area contributed by atoms with Crippen LogP contribution in [0.4, 0.5) is 0 Å². The lowest BCUT2D eigenvalue weighted by Gasteiger charge is -2.36. The Morgan fingerprint density at radius 3 is 2.70 bits per heavy atom. The number of rotatable bonds is 7. The van der Waals surface area contributed by atoms with E-state index >= 15 is 0 Å². The SMILES string of the molecule is CC1=C(C(=O)OCCOC(C)C)C(c2coc3ccccc3c2=O)C2=C(CC(c3cccs3)CC2=O)N1. The maximum absolute atomic E-state index is 13.7. The minimum absolute atomic E-state index is 0.00912. The fourth-order valence-corrected chi connectivity index (χ4v) is 5.96. The number of ether oxygens (including phenoxy) is 2. The van der Waals surface area contributed by atoms with Crippen molar-refractivity contribution in [2.24, 2.45) is 0 Å². The van der Waals surface area contributed by atoms with Crippen LogP contribution in [0.2, 0.25) is 0 Å². The standard InChI is InChI=1S/C29H29NO6S/c1-16(2)34-10-11-35-29(33)25-17(3)30-21-13-18(24-9-6-12-37-24)14-22(31)27(21)26(25)20-15-36-23-8-5-4-7-19(23)28(20)32/h4-9,12,15-16,18,26,30H,10-11,13-14H2,1-3H3. The molecule has 7 nitrogen and oxygen atoms in total. The summed E-state index contributed by atoms with van der Waals surface area (Å²) in [5.41, 5.74) is 2.41. The molecule has 5 rings (SSSR count). The topological polar surface area (TPSA) is 94.8 Å². The number of Topliss-reactive ketones (excluding diaryl/α,β-unsaturated/α-hetero) is 1. The first-order valence-corrected chi connectivity index (χ1v) is 13.3. The van der Waals surface area contributed by atoms with Gasteiger partial charge >= 0.3 is 5.97 Å². The number of allylic oxidation sites excluding steroid dienone is 3. The summed E-state index contributed by atoms with van der Waals surface area (Å²) in [6.45, 7) is 5.90. The van der Waals surface area contributed by atoms with Crippen molar-refractivity contribution in [2.45, 2.75) is 51.6 Å². The third-order valence-corrected chi connectivity index (χ3v) is 7.81. The van der Waals surface area contributed by atoms with Crippen molar-refractivity contribution in [2.75, 3.05) is 13.2 Å². The molecule has 8 heteroatoms. The van der Waals surface area contributed by atoms with Crippen molar-refractivity contribution in [3.05, 3.63) is 91.2 Å². The van der Waals surface area contributed by atoms with Crippen LogP contribution in [0, 0.1) is 0 Å². The van der Waals surface area contributed by atoms with Crippen molar-refractivity contribution in [3.63, 3.8) is 0 Å². The molecule has 1 N–H and O–H groups in total. The van der Waals surface area contributed by atoms with Crippen LogP contribution in [0.3, 0.4) is 0 Å². The zero-order valence-corrected chi connectivity index (χ0v) is 21.9. The summed E-state index contributed by atoms with van der Waals surface area (Å²) >= 11 is 1.63. The Kier molecular flexibility index (Phi) is 7.13. The van der Waals surface area contributed by atoms with Crippen molar-refractivity contribution in [3.8, 4) is 0 Å². The van der Waals surface area contributed by atoms with Crippen LogP contribution in [0.5, 0.6) is 0 Å². The molecule has 1 aliphatic heterocycles. The summed E-state index contributed by atoms with van der Waals surface area (Å²) in [5.74, 6) is -1.52. The van der Waals surface area contributed by atoms with Gasteiger partial charge in [0, 0.05) is 39.7 Å². The van der Waals surface area contributed by atoms with Gasteiger partial charge in [0.2, 0.25) is 0 Å². The van der Waals surface area contributed by atoms with Gasteiger partial charge in [0.1, 0.15) is 12.2 Å². The van der Waals surface area contributed by atoms with Crippen molar-refractivity contribution in [1.29, 1.82) is 0 Å². The highest BCUT2D eigenvalue weighted by atomic mass is 32.1. The van der Waals surface area contributed by atoms with Gasteiger partial charge in [-0.25, -0.2) is 4.79 Å². The molecule has 0 fully saturated rings. The van der Waals surface area contributed by atoms with Gasteiger partial charge < -0.3 is 19.2 Å². The number of hydrogen-bond acceptors (Lipinski definition) is 8. The molecule has 0 spiro atoms. The average molecular weight is 520 g/mol. The maximum Gasteiger partial charge on any atom is 0.336 e. The molecule has 1 aliphatic carbocycles. The predicted molar refractivity (Wildman–Crippen MR) is 141 cm³/mol. The second kappa shape index (κ2) is 10.5. The van der Waals surface area contributed by atoms with E-state index in [0.29, 0.717) is 35.1 Å². The van der Waals surface area contributed by atoms with E-state index < -0.39 is 11.9 Å². The van der Waals surface area contributed by atoms with Gasteiger partial charge in [-0.15, -0.1) is 11.3 Å². The Morgan fingerprint density at radius 2 is 1.95 bits per heavy atom. The third-order valence-electron chi connectivity index (χ3n) is 6.78. The molecule has 0 amide bonds. The highest BCUT2D eigenvalue weighted by molar-refractivity contribution is 7.10. The lowest BCUT2D eigenvalue weighted by atomic mass is 9.73. The number of nitrogens with one attached hydrogen (secondary N) is 1. The minimum Gasteiger partial charge on any atom is -0.464 e. The van der Waals surface area contributed by atoms with Crippen LogP contribution in [-0.2, 0) is 19.1 Å².